The number of carbonyl (C=O) groups is 2. The van der Waals surface area contributed by atoms with E-state index in [0.717, 1.165) is 6.42 Å². The first-order chi connectivity index (χ1) is 5.66. The lowest BCUT2D eigenvalue weighted by molar-refractivity contribution is -0.213. The molecular weight excluding hydrogens is 168 g/mol. The topological polar surface area (TPSA) is 82.1 Å². The van der Waals surface area contributed by atoms with Gasteiger partial charge in [-0.05, 0) is 6.42 Å². The first kappa shape index (κ1) is 10.5. The van der Waals surface area contributed by atoms with Crippen LogP contribution in [0, 0.1) is 0 Å². The fraction of sp³-hybridized carbons (Fsp3) is 0.667. The third-order valence-corrected chi connectivity index (χ3v) is 0.899. The first-order valence-electron chi connectivity index (χ1n) is 3.41. The normalized spacial score (nSPS) is 8.75. The molecule has 0 aromatic rings. The Morgan fingerprint density at radius 2 is 2.00 bits per heavy atom. The molecule has 0 aliphatic heterocycles. The van der Waals surface area contributed by atoms with Gasteiger partial charge in [-0.3, -0.25) is 0 Å². The highest BCUT2D eigenvalue weighted by atomic mass is 17.3. The second-order valence-corrected chi connectivity index (χ2v) is 1.88. The average Bonchev–Trinajstić information content (AvgIpc) is 2.01. The zero-order valence-electron chi connectivity index (χ0n) is 6.61. The van der Waals surface area contributed by atoms with Crippen LogP contribution >= 0.6 is 0 Å². The smallest absolute Gasteiger partial charge is 0.447 e. The van der Waals surface area contributed by atoms with Gasteiger partial charge in [0.15, 0.2) is 0 Å². The van der Waals surface area contributed by atoms with Gasteiger partial charge in [0.2, 0.25) is 0 Å². The van der Waals surface area contributed by atoms with Crippen molar-refractivity contribution in [3.05, 3.63) is 0 Å². The van der Waals surface area contributed by atoms with Crippen LogP contribution in [0.1, 0.15) is 19.8 Å². The fourth-order valence-corrected chi connectivity index (χ4v) is 0.394. The molecule has 12 heavy (non-hydrogen) atoms. The summed E-state index contributed by atoms with van der Waals surface area (Å²) in [5, 5.41) is 7.88. The first-order valence-corrected chi connectivity index (χ1v) is 3.41. The van der Waals surface area contributed by atoms with Crippen LogP contribution in [0.25, 0.3) is 0 Å². The van der Waals surface area contributed by atoms with E-state index < -0.39 is 12.3 Å². The average molecular weight is 178 g/mol. The van der Waals surface area contributed by atoms with E-state index in [9.17, 15) is 9.59 Å². The molecule has 0 unspecified atom stereocenters. The highest BCUT2D eigenvalue weighted by Gasteiger charge is 2.07. The Labute approximate surface area is 69.0 Å². The Hall–Kier alpha value is -1.46. The number of hydrogen-bond donors (Lipinski definition) is 1. The third-order valence-electron chi connectivity index (χ3n) is 0.899. The predicted octanol–water partition coefficient (Wildman–Crippen LogP) is 1.55. The molecule has 0 bridgehead atoms. The molecule has 0 saturated carbocycles. The molecule has 0 rings (SSSR count). The lowest BCUT2D eigenvalue weighted by atomic mass is 10.4. The molecule has 0 radical (unpaired) electrons. The van der Waals surface area contributed by atoms with Gasteiger partial charge in [0.25, 0.3) is 0 Å². The van der Waals surface area contributed by atoms with E-state index in [1.165, 1.54) is 0 Å². The largest absolute Gasteiger partial charge is 0.549 e. The van der Waals surface area contributed by atoms with Gasteiger partial charge in [0.05, 0.1) is 6.61 Å². The standard InChI is InChI=1S/C6H10O6/c1-2-3-4-10-6(9)12-11-5(7)8/h2-4H2,1H3,(H,7,8). The van der Waals surface area contributed by atoms with Crippen molar-refractivity contribution >= 4 is 12.3 Å². The lowest BCUT2D eigenvalue weighted by Crippen LogP contribution is -2.11. The Balaban J connectivity index is 3.28. The predicted molar refractivity (Wildman–Crippen MR) is 36.5 cm³/mol. The minimum Gasteiger partial charge on any atom is -0.447 e. The summed E-state index contributed by atoms with van der Waals surface area (Å²) in [6.45, 7) is 2.11. The molecule has 0 atom stereocenters. The van der Waals surface area contributed by atoms with Gasteiger partial charge >= 0.3 is 12.3 Å². The van der Waals surface area contributed by atoms with E-state index in [-0.39, 0.29) is 6.61 Å². The summed E-state index contributed by atoms with van der Waals surface area (Å²) >= 11 is 0. The molecule has 0 amide bonds. The second kappa shape index (κ2) is 6.26. The van der Waals surface area contributed by atoms with Crippen molar-refractivity contribution in [3.8, 4) is 0 Å². The molecule has 6 heteroatoms. The molecule has 1 N–H and O–H groups in total. The van der Waals surface area contributed by atoms with Crippen molar-refractivity contribution in [1.29, 1.82) is 0 Å². The van der Waals surface area contributed by atoms with E-state index in [4.69, 9.17) is 5.11 Å². The minimum atomic E-state index is -1.69. The molecule has 0 heterocycles. The minimum absolute atomic E-state index is 0.193. The van der Waals surface area contributed by atoms with Gasteiger partial charge in [-0.25, -0.2) is 9.68 Å². The molecule has 0 aromatic heterocycles. The van der Waals surface area contributed by atoms with Crippen LogP contribution in [-0.4, -0.2) is 24.0 Å². The summed E-state index contributed by atoms with van der Waals surface area (Å²) < 4.78 is 4.38. The van der Waals surface area contributed by atoms with Crippen molar-refractivity contribution in [2.75, 3.05) is 6.61 Å². The molecule has 0 saturated heterocycles. The molecule has 0 fully saturated rings. The maximum atomic E-state index is 10.4. The maximum Gasteiger partial charge on any atom is 0.549 e. The number of ether oxygens (including phenoxy) is 1. The molecular formula is C6H10O6. The second-order valence-electron chi connectivity index (χ2n) is 1.88. The summed E-state index contributed by atoms with van der Waals surface area (Å²) in [7, 11) is 0. The summed E-state index contributed by atoms with van der Waals surface area (Å²) in [5.74, 6) is 0. The molecule has 0 aromatic carbocycles. The Morgan fingerprint density at radius 3 is 2.50 bits per heavy atom. The van der Waals surface area contributed by atoms with Gasteiger partial charge in [0.1, 0.15) is 0 Å². The number of unbranched alkanes of at least 4 members (excludes halogenated alkanes) is 1. The molecule has 70 valence electrons. The van der Waals surface area contributed by atoms with Gasteiger partial charge in [-0.2, -0.15) is 9.68 Å². The van der Waals surface area contributed by atoms with Crippen LogP contribution in [0.4, 0.5) is 9.59 Å². The van der Waals surface area contributed by atoms with Crippen LogP contribution in [0.3, 0.4) is 0 Å². The van der Waals surface area contributed by atoms with Crippen molar-refractivity contribution in [3.63, 3.8) is 0 Å². The van der Waals surface area contributed by atoms with Crippen LogP contribution in [0.5, 0.6) is 0 Å². The van der Waals surface area contributed by atoms with Gasteiger partial charge in [0, 0.05) is 0 Å². The lowest BCUT2D eigenvalue weighted by Gasteiger charge is -2.00. The zero-order chi connectivity index (χ0) is 9.40. The molecule has 0 spiro atoms. The van der Waals surface area contributed by atoms with Crippen LogP contribution in [-0.2, 0) is 14.5 Å². The van der Waals surface area contributed by atoms with Crippen molar-refractivity contribution in [2.45, 2.75) is 19.8 Å². The van der Waals surface area contributed by atoms with Crippen LogP contribution in [0.15, 0.2) is 0 Å². The fourth-order valence-electron chi connectivity index (χ4n) is 0.394. The highest BCUT2D eigenvalue weighted by molar-refractivity contribution is 5.62. The molecule has 0 aliphatic carbocycles. The summed E-state index contributed by atoms with van der Waals surface area (Å²) in [5.41, 5.74) is 0. The van der Waals surface area contributed by atoms with E-state index in [0.29, 0.717) is 6.42 Å². The SMILES string of the molecule is CCCCOC(=O)OOC(=O)O. The van der Waals surface area contributed by atoms with Gasteiger partial charge < -0.3 is 9.84 Å². The van der Waals surface area contributed by atoms with Crippen LogP contribution < -0.4 is 0 Å². The zero-order valence-corrected chi connectivity index (χ0v) is 6.61. The van der Waals surface area contributed by atoms with E-state index in [1.807, 2.05) is 6.92 Å². The van der Waals surface area contributed by atoms with E-state index in [1.54, 1.807) is 0 Å². The van der Waals surface area contributed by atoms with Gasteiger partial charge in [-0.1, -0.05) is 13.3 Å². The monoisotopic (exact) mass is 178 g/mol. The summed E-state index contributed by atoms with van der Waals surface area (Å²) in [4.78, 5) is 27.2. The number of carbonyl (C=O) groups excluding carboxylic acids is 1. The Kier molecular flexibility index (Phi) is 5.50. The molecule has 0 aliphatic rings. The maximum absolute atomic E-state index is 10.4. The Bertz CT molecular complexity index is 154. The van der Waals surface area contributed by atoms with Crippen molar-refractivity contribution in [1.82, 2.24) is 0 Å². The third kappa shape index (κ3) is 6.66. The number of rotatable bonds is 3. The van der Waals surface area contributed by atoms with Crippen molar-refractivity contribution in [2.24, 2.45) is 0 Å². The Morgan fingerprint density at radius 1 is 1.33 bits per heavy atom. The summed E-state index contributed by atoms with van der Waals surface area (Å²) in [6.07, 6.45) is -1.27. The quantitative estimate of drug-likeness (QED) is 0.305. The number of hydrogen-bond acceptors (Lipinski definition) is 5. The number of carboxylic acid groups (broad SMARTS) is 1. The van der Waals surface area contributed by atoms with Crippen LogP contribution in [0.2, 0.25) is 0 Å². The van der Waals surface area contributed by atoms with E-state index >= 15 is 0 Å². The van der Waals surface area contributed by atoms with E-state index in [2.05, 4.69) is 14.5 Å². The molecule has 6 nitrogen and oxygen atoms in total. The summed E-state index contributed by atoms with van der Waals surface area (Å²) in [6, 6.07) is 0. The highest BCUT2D eigenvalue weighted by Crippen LogP contribution is 1.92. The van der Waals surface area contributed by atoms with Gasteiger partial charge in [-0.15, -0.1) is 0 Å². The van der Waals surface area contributed by atoms with Crippen molar-refractivity contribution < 1.29 is 29.2 Å².